The molecule has 2 amide bonds. The van der Waals surface area contributed by atoms with Crippen LogP contribution in [0.4, 0.5) is 8.78 Å². The quantitative estimate of drug-likeness (QED) is 0.589. The molecule has 2 aliphatic heterocycles. The second-order valence-corrected chi connectivity index (χ2v) is 10.5. The van der Waals surface area contributed by atoms with Crippen LogP contribution in [-0.4, -0.2) is 65.7 Å². The molecule has 4 rings (SSSR count). The largest absolute Gasteiger partial charge is 0.503 e. The van der Waals surface area contributed by atoms with Gasteiger partial charge in [-0.3, -0.25) is 14.4 Å². The summed E-state index contributed by atoms with van der Waals surface area (Å²) < 4.78 is 56.7. The molecule has 2 N–H and O–H groups in total. The molecular weight excluding hydrogens is 476 g/mol. The van der Waals surface area contributed by atoms with E-state index in [9.17, 15) is 36.7 Å². The van der Waals surface area contributed by atoms with Crippen LogP contribution in [-0.2, 0) is 27.7 Å². The first-order valence-electron chi connectivity index (χ1n) is 10.3. The van der Waals surface area contributed by atoms with Gasteiger partial charge in [-0.25, -0.2) is 17.2 Å². The highest BCUT2D eigenvalue weighted by Gasteiger charge is 2.44. The molecule has 2 atom stereocenters. The van der Waals surface area contributed by atoms with Gasteiger partial charge in [0.15, 0.2) is 17.7 Å². The first-order valence-corrected chi connectivity index (χ1v) is 12.3. The molecule has 3 heterocycles. The van der Waals surface area contributed by atoms with Crippen molar-refractivity contribution in [2.24, 2.45) is 0 Å². The number of aromatic nitrogens is 1. The third-order valence-corrected chi connectivity index (χ3v) is 6.73. The van der Waals surface area contributed by atoms with E-state index in [1.54, 1.807) is 0 Å². The Morgan fingerprint density at radius 1 is 1.29 bits per heavy atom. The number of aromatic hydroxyl groups is 1. The summed E-state index contributed by atoms with van der Waals surface area (Å²) in [6.07, 6.45) is 1.55. The molecule has 2 aromatic rings. The van der Waals surface area contributed by atoms with E-state index < -0.39 is 62.3 Å². The summed E-state index contributed by atoms with van der Waals surface area (Å²) in [6, 6.07) is 2.27. The number of carbonyl (C=O) groups excluding carboxylic acids is 2. The average molecular weight is 497 g/mol. The number of sulfone groups is 1. The highest BCUT2D eigenvalue weighted by atomic mass is 32.2. The number of pyridine rings is 1. The summed E-state index contributed by atoms with van der Waals surface area (Å²) in [5.74, 6) is -4.39. The summed E-state index contributed by atoms with van der Waals surface area (Å²) >= 11 is 0. The van der Waals surface area contributed by atoms with Crippen LogP contribution in [0.2, 0.25) is 0 Å². The maximum absolute atomic E-state index is 13.8. The maximum Gasteiger partial charge on any atom is 0.276 e. The minimum atomic E-state index is -3.27. The topological polar surface area (TPSA) is 135 Å². The minimum absolute atomic E-state index is 0.00282. The van der Waals surface area contributed by atoms with Gasteiger partial charge in [0.05, 0.1) is 24.9 Å². The zero-order valence-electron chi connectivity index (χ0n) is 18.0. The van der Waals surface area contributed by atoms with Crippen molar-refractivity contribution in [1.29, 1.82) is 0 Å². The number of hydrogen-bond acceptors (Lipinski definition) is 7. The van der Waals surface area contributed by atoms with Gasteiger partial charge in [0, 0.05) is 30.6 Å². The van der Waals surface area contributed by atoms with Gasteiger partial charge < -0.3 is 24.6 Å². The van der Waals surface area contributed by atoms with E-state index in [2.05, 4.69) is 5.32 Å². The number of hydrogen-bond donors (Lipinski definition) is 2. The van der Waals surface area contributed by atoms with Gasteiger partial charge in [-0.2, -0.15) is 0 Å². The molecule has 182 valence electrons. The molecule has 0 aliphatic carbocycles. The van der Waals surface area contributed by atoms with Gasteiger partial charge in [0.1, 0.15) is 27.0 Å². The molecule has 1 saturated heterocycles. The van der Waals surface area contributed by atoms with Crippen molar-refractivity contribution in [2.75, 3.05) is 18.6 Å². The summed E-state index contributed by atoms with van der Waals surface area (Å²) in [5.41, 5.74) is -1.92. The molecule has 34 heavy (non-hydrogen) atoms. The molecule has 0 radical (unpaired) electrons. The molecule has 0 unspecified atom stereocenters. The zero-order valence-corrected chi connectivity index (χ0v) is 18.8. The van der Waals surface area contributed by atoms with E-state index in [4.69, 9.17) is 4.74 Å². The van der Waals surface area contributed by atoms with Gasteiger partial charge in [0.25, 0.3) is 11.8 Å². The number of rotatable bonds is 6. The van der Waals surface area contributed by atoms with Crippen molar-refractivity contribution in [3.8, 4) is 5.75 Å². The number of amides is 2. The van der Waals surface area contributed by atoms with Crippen LogP contribution in [0.1, 0.15) is 32.8 Å². The van der Waals surface area contributed by atoms with Crippen molar-refractivity contribution in [3.05, 3.63) is 63.1 Å². The Labute approximate surface area is 192 Å². The van der Waals surface area contributed by atoms with Gasteiger partial charge in [-0.15, -0.1) is 0 Å². The van der Waals surface area contributed by atoms with E-state index in [0.29, 0.717) is 6.07 Å². The third-order valence-electron chi connectivity index (χ3n) is 5.75. The highest BCUT2D eigenvalue weighted by molar-refractivity contribution is 7.90. The van der Waals surface area contributed by atoms with Crippen LogP contribution < -0.4 is 10.7 Å². The molecule has 13 heteroatoms. The normalized spacial score (nSPS) is 19.6. The Hall–Kier alpha value is -3.32. The first kappa shape index (κ1) is 23.8. The molecule has 0 saturated carbocycles. The van der Waals surface area contributed by atoms with E-state index in [1.165, 1.54) is 9.47 Å². The fourth-order valence-electron chi connectivity index (χ4n) is 4.03. The monoisotopic (exact) mass is 497 g/mol. The second kappa shape index (κ2) is 8.80. The van der Waals surface area contributed by atoms with Crippen LogP contribution in [0.3, 0.4) is 0 Å². The average Bonchev–Trinajstić information content (AvgIpc) is 3.16. The van der Waals surface area contributed by atoms with Crippen LogP contribution >= 0.6 is 0 Å². The number of nitrogens with one attached hydrogen (secondary N) is 1. The van der Waals surface area contributed by atoms with Crippen molar-refractivity contribution in [2.45, 2.75) is 31.8 Å². The molecule has 10 nitrogen and oxygen atoms in total. The summed E-state index contributed by atoms with van der Waals surface area (Å²) in [4.78, 5) is 39.6. The van der Waals surface area contributed by atoms with E-state index in [1.807, 2.05) is 0 Å². The Bertz CT molecular complexity index is 1340. The lowest BCUT2D eigenvalue weighted by molar-refractivity contribution is 0.00565. The highest BCUT2D eigenvalue weighted by Crippen LogP contribution is 2.31. The number of nitrogens with zero attached hydrogens (tertiary/aromatic N) is 2. The maximum atomic E-state index is 13.8. The number of benzene rings is 1. The Kier molecular flexibility index (Phi) is 6.16. The van der Waals surface area contributed by atoms with E-state index in [0.717, 1.165) is 24.6 Å². The lowest BCUT2D eigenvalue weighted by atomic mass is 10.1. The lowest BCUT2D eigenvalue weighted by Crippen LogP contribution is -2.50. The van der Waals surface area contributed by atoms with E-state index >= 15 is 0 Å². The van der Waals surface area contributed by atoms with Crippen molar-refractivity contribution in [3.63, 3.8) is 0 Å². The van der Waals surface area contributed by atoms with Gasteiger partial charge in [-0.05, 0) is 12.5 Å². The predicted molar refractivity (Wildman–Crippen MR) is 114 cm³/mol. The summed E-state index contributed by atoms with van der Waals surface area (Å²) in [7, 11) is -3.27. The molecule has 1 fully saturated rings. The number of fused-ring (bicyclic) bond motifs is 2. The Balaban J connectivity index is 1.57. The van der Waals surface area contributed by atoms with Crippen molar-refractivity contribution >= 4 is 21.7 Å². The molecule has 0 spiro atoms. The molecular formula is C21H21F2N3O7S. The van der Waals surface area contributed by atoms with Crippen molar-refractivity contribution in [1.82, 2.24) is 14.8 Å². The minimum Gasteiger partial charge on any atom is -0.503 e. The summed E-state index contributed by atoms with van der Waals surface area (Å²) in [5, 5.41) is 12.8. The third kappa shape index (κ3) is 4.53. The van der Waals surface area contributed by atoms with Crippen LogP contribution in [0, 0.1) is 11.6 Å². The number of carbonyl (C=O) groups is 2. The SMILES string of the molecule is CS(=O)(=O)CC[C@H]1CO[C@@H]2Cn3cc(C(=O)NCc4ccc(F)cc4F)c(=O)c(O)c3C(=O)N12. The number of halogens is 2. The Morgan fingerprint density at radius 2 is 2.03 bits per heavy atom. The van der Waals surface area contributed by atoms with E-state index in [-0.39, 0.29) is 43.1 Å². The van der Waals surface area contributed by atoms with Gasteiger partial charge in [-0.1, -0.05) is 6.07 Å². The zero-order chi connectivity index (χ0) is 24.8. The fourth-order valence-corrected chi connectivity index (χ4v) is 4.73. The molecule has 1 aromatic carbocycles. The first-order chi connectivity index (χ1) is 16.0. The smallest absolute Gasteiger partial charge is 0.276 e. The standard InChI is InChI=1S/C21H21F2N3O7S/c1-34(31,32)5-4-13-10-33-16-9-25-8-14(18(27)19(28)17(25)21(30)26(13)16)20(29)24-7-11-2-3-12(22)6-15(11)23/h2-3,6,8,13,16,28H,4-5,7,9-10H2,1H3,(H,24,29)/t13-,16+/m0/s1. The van der Waals surface area contributed by atoms with Crippen molar-refractivity contribution < 1.29 is 36.6 Å². The second-order valence-electron chi connectivity index (χ2n) is 8.21. The van der Waals surface area contributed by atoms with Crippen LogP contribution in [0.25, 0.3) is 0 Å². The molecule has 1 aromatic heterocycles. The Morgan fingerprint density at radius 3 is 2.71 bits per heavy atom. The molecule has 2 aliphatic rings. The predicted octanol–water partition coefficient (Wildman–Crippen LogP) is 0.378. The van der Waals surface area contributed by atoms with Crippen LogP contribution in [0.5, 0.6) is 5.75 Å². The number of ether oxygens (including phenoxy) is 1. The lowest BCUT2D eigenvalue weighted by Gasteiger charge is -2.34. The molecule has 0 bridgehead atoms. The fraction of sp³-hybridized carbons (Fsp3) is 0.381. The summed E-state index contributed by atoms with van der Waals surface area (Å²) in [6.45, 7) is -0.257. The van der Waals surface area contributed by atoms with Crippen LogP contribution in [0.15, 0.2) is 29.2 Å². The van der Waals surface area contributed by atoms with Gasteiger partial charge in [0.2, 0.25) is 5.43 Å². The van der Waals surface area contributed by atoms with Gasteiger partial charge >= 0.3 is 0 Å².